The van der Waals surface area contributed by atoms with Crippen molar-refractivity contribution in [2.75, 3.05) is 0 Å². The fourth-order valence-corrected chi connectivity index (χ4v) is 0. The molecule has 0 aliphatic carbocycles. The molecule has 0 saturated heterocycles. The molecule has 0 bridgehead atoms. The van der Waals surface area contributed by atoms with Crippen LogP contribution in [0.5, 0.6) is 0 Å². The van der Waals surface area contributed by atoms with Crippen molar-refractivity contribution < 1.29 is 65.8 Å². The topological polar surface area (TPSA) is 64.1 Å². The van der Waals surface area contributed by atoms with E-state index in [2.05, 4.69) is 0 Å². The van der Waals surface area contributed by atoms with E-state index in [9.17, 15) is 0 Å². The van der Waals surface area contributed by atoms with Gasteiger partial charge in [0.1, 0.15) is 0 Å². The van der Waals surface area contributed by atoms with Crippen molar-refractivity contribution in [3.05, 3.63) is 0 Å². The van der Waals surface area contributed by atoms with Crippen molar-refractivity contribution in [1.82, 2.24) is 0 Å². The average molecular weight is 116 g/mol. The molecule has 0 radical (unpaired) electrons. The summed E-state index contributed by atoms with van der Waals surface area (Å²) < 4.78 is 16.8. The molecule has 0 aromatic rings. The quantitative estimate of drug-likeness (QED) is 0.305. The summed E-state index contributed by atoms with van der Waals surface area (Å²) in [6.45, 7) is 0. The van der Waals surface area contributed by atoms with Gasteiger partial charge in [0.2, 0.25) is 0 Å². The molecule has 0 fully saturated rings. The first kappa shape index (κ1) is 16.1. The summed E-state index contributed by atoms with van der Waals surface area (Å²) >= 11 is 0. The molecule has 0 spiro atoms. The monoisotopic (exact) mass is 116 g/mol. The second-order valence-corrected chi connectivity index (χ2v) is 0.250. The Bertz CT molecular complexity index is 27.9. The van der Waals surface area contributed by atoms with Crippen LogP contribution in [0.25, 0.3) is 0 Å². The summed E-state index contributed by atoms with van der Waals surface area (Å²) in [5, 5.41) is 0. The van der Waals surface area contributed by atoms with Crippen LogP contribution in [0.1, 0.15) is 0 Å². The molecular weight excluding hydrogens is 115 g/mol. The number of hydrogen-bond donors (Lipinski definition) is 0. The minimum Gasteiger partial charge on any atom is -0.870 e. The van der Waals surface area contributed by atoms with Crippen LogP contribution in [0.3, 0.4) is 0 Å². The van der Waals surface area contributed by atoms with E-state index in [0.717, 1.165) is 0 Å². The molecule has 0 rings (SSSR count). The van der Waals surface area contributed by atoms with Gasteiger partial charge in [-0.1, -0.05) is 0 Å². The van der Waals surface area contributed by atoms with Crippen LogP contribution in [0, 0.1) is 0 Å². The summed E-state index contributed by atoms with van der Waals surface area (Å²) in [7, 11) is -1.42. The molecule has 5 heavy (non-hydrogen) atoms. The first-order valence-electron chi connectivity index (χ1n) is 0.408. The third kappa shape index (κ3) is 31.6. The van der Waals surface area contributed by atoms with Gasteiger partial charge in [-0.25, -0.2) is 0 Å². The van der Waals surface area contributed by atoms with E-state index in [4.69, 9.17) is 8.92 Å². The Kier molecular flexibility index (Phi) is 58.4. The minimum atomic E-state index is -1.42. The van der Waals surface area contributed by atoms with Gasteiger partial charge in [-0.3, -0.25) is 8.92 Å². The Balaban J connectivity index is -0.0000000200. The maximum absolute atomic E-state index is 8.40. The Hall–Kier alpha value is 1.41. The fraction of sp³-hybridized carbons (Fsp3) is 0. The van der Waals surface area contributed by atoms with E-state index >= 15 is 0 Å². The van der Waals surface area contributed by atoms with Crippen molar-refractivity contribution in [2.24, 2.45) is 0 Å². The van der Waals surface area contributed by atoms with E-state index in [1.54, 1.807) is 0 Å². The van der Waals surface area contributed by atoms with Crippen molar-refractivity contribution in [3.8, 4) is 0 Å². The predicted octanol–water partition coefficient (Wildman–Crippen LogP) is -3.79. The van der Waals surface area contributed by atoms with Crippen LogP contribution in [0.2, 0.25) is 0 Å². The van der Waals surface area contributed by atoms with Crippen LogP contribution in [-0.2, 0) is 8.92 Å². The summed E-state index contributed by atoms with van der Waals surface area (Å²) in [5.74, 6) is 0. The molecule has 0 unspecified atom stereocenters. The number of rotatable bonds is 0. The molecule has 0 atom stereocenters. The zero-order valence-corrected chi connectivity index (χ0v) is 6.89. The summed E-state index contributed by atoms with van der Waals surface area (Å²) in [6.07, 6.45) is 0. The predicted molar refractivity (Wildman–Crippen MR) is 9.06 cm³/mol. The average Bonchev–Trinajstić information content (AvgIpc) is 0.918. The molecule has 0 heterocycles. The molecule has 0 aromatic carbocycles. The van der Waals surface area contributed by atoms with E-state index in [-0.39, 0.29) is 56.9 Å². The Morgan fingerprint density at radius 2 is 1.20 bits per heavy atom. The zero-order chi connectivity index (χ0) is 2.71. The van der Waals surface area contributed by atoms with E-state index in [0.29, 0.717) is 0 Å². The molecule has 0 amide bonds. The van der Waals surface area contributed by atoms with Crippen LogP contribution in [-0.4, -0.2) is 14.8 Å². The molecule has 5 heteroatoms. The molecule has 3 nitrogen and oxygen atoms in total. The van der Waals surface area contributed by atoms with Crippen LogP contribution in [0.15, 0.2) is 0 Å². The molecule has 0 aromatic heterocycles. The van der Waals surface area contributed by atoms with E-state index in [1.807, 2.05) is 0 Å². The summed E-state index contributed by atoms with van der Waals surface area (Å²) in [6, 6.07) is 0. The molecule has 0 saturated carbocycles. The first-order valence-corrected chi connectivity index (χ1v) is 1.22. The normalized spacial score (nSPS) is 1.60. The Morgan fingerprint density at radius 3 is 1.20 bits per heavy atom. The molecule has 0 aliphatic heterocycles. The first-order chi connectivity index (χ1) is 1.41. The van der Waals surface area contributed by atoms with Gasteiger partial charge in [0.05, 0.1) is 0 Å². The standard InChI is InChI=1S/K.O2Si.H2O/c;1-3-2;/h;;1H2/q+1;;/p-1. The molecule has 1 N–H and O–H groups in total. The van der Waals surface area contributed by atoms with Crippen molar-refractivity contribution in [1.29, 1.82) is 0 Å². The Labute approximate surface area is 73.8 Å². The third-order valence-electron chi connectivity index (χ3n) is 0. The maximum Gasteiger partial charge on any atom is 1.00 e. The minimum absolute atomic E-state index is 0. The van der Waals surface area contributed by atoms with Gasteiger partial charge in [0.25, 0.3) is 0 Å². The van der Waals surface area contributed by atoms with Gasteiger partial charge in [-0.05, 0) is 0 Å². The largest absolute Gasteiger partial charge is 1.00 e. The van der Waals surface area contributed by atoms with Crippen LogP contribution in [0.4, 0.5) is 0 Å². The molecule has 24 valence electrons. The SMILES string of the molecule is O=[Si]=O.[K+].[OH-]. The van der Waals surface area contributed by atoms with Gasteiger partial charge < -0.3 is 5.48 Å². The zero-order valence-electron chi connectivity index (χ0n) is 2.76. The smallest absolute Gasteiger partial charge is 0.870 e. The van der Waals surface area contributed by atoms with Gasteiger partial charge >= 0.3 is 60.7 Å². The van der Waals surface area contributed by atoms with E-state index in [1.165, 1.54) is 0 Å². The van der Waals surface area contributed by atoms with Gasteiger partial charge in [0.15, 0.2) is 0 Å². The van der Waals surface area contributed by atoms with Crippen molar-refractivity contribution in [2.45, 2.75) is 0 Å². The van der Waals surface area contributed by atoms with Gasteiger partial charge in [0, 0.05) is 0 Å². The van der Waals surface area contributed by atoms with Crippen LogP contribution < -0.4 is 51.4 Å². The second kappa shape index (κ2) is 18.1. The van der Waals surface area contributed by atoms with E-state index < -0.39 is 9.29 Å². The second-order valence-electron chi connectivity index (χ2n) is 0.0833. The van der Waals surface area contributed by atoms with Crippen molar-refractivity contribution >= 4 is 9.29 Å². The maximum atomic E-state index is 8.40. The van der Waals surface area contributed by atoms with Crippen LogP contribution >= 0.6 is 0 Å². The molecular formula is HKO3Si. The van der Waals surface area contributed by atoms with Gasteiger partial charge in [-0.15, -0.1) is 0 Å². The summed E-state index contributed by atoms with van der Waals surface area (Å²) in [4.78, 5) is 0. The fourth-order valence-electron chi connectivity index (χ4n) is 0. The number of hydrogen-bond acceptors (Lipinski definition) is 3. The third-order valence-corrected chi connectivity index (χ3v) is 0. The summed E-state index contributed by atoms with van der Waals surface area (Å²) in [5.41, 5.74) is 0. The van der Waals surface area contributed by atoms with Gasteiger partial charge in [-0.2, -0.15) is 0 Å². The van der Waals surface area contributed by atoms with Crippen molar-refractivity contribution in [3.63, 3.8) is 0 Å². The molecule has 0 aliphatic rings. The Morgan fingerprint density at radius 1 is 1.20 bits per heavy atom.